The van der Waals surface area contributed by atoms with Crippen molar-refractivity contribution in [1.82, 2.24) is 10.6 Å². The molecule has 17 heavy (non-hydrogen) atoms. The molecule has 2 N–H and O–H groups in total. The Bertz CT molecular complexity index is 370. The molecule has 0 heterocycles. The highest BCUT2D eigenvalue weighted by Gasteiger charge is 2.02. The van der Waals surface area contributed by atoms with Crippen LogP contribution in [-0.4, -0.2) is 24.0 Å². The molecule has 0 aliphatic carbocycles. The Morgan fingerprint density at radius 1 is 1.18 bits per heavy atom. The molecule has 1 aromatic carbocycles. The predicted molar refractivity (Wildman–Crippen MR) is 66.6 cm³/mol. The topological polar surface area (TPSA) is 67.4 Å². The summed E-state index contributed by atoms with van der Waals surface area (Å²) in [5.74, 6) is -0.201. The van der Waals surface area contributed by atoms with Crippen LogP contribution in [0.3, 0.4) is 0 Å². The minimum Gasteiger partial charge on any atom is -0.445 e. The van der Waals surface area contributed by atoms with Crippen molar-refractivity contribution >= 4 is 27.9 Å². The Kier molecular flexibility index (Phi) is 6.09. The number of rotatable bonds is 5. The van der Waals surface area contributed by atoms with E-state index in [0.717, 1.165) is 5.56 Å². The van der Waals surface area contributed by atoms with Gasteiger partial charge in [0.2, 0.25) is 5.91 Å². The number of halogens is 1. The van der Waals surface area contributed by atoms with Crippen molar-refractivity contribution in [1.29, 1.82) is 0 Å². The van der Waals surface area contributed by atoms with E-state index in [1.54, 1.807) is 0 Å². The lowest BCUT2D eigenvalue weighted by Crippen LogP contribution is -2.37. The van der Waals surface area contributed by atoms with Crippen LogP contribution in [0.15, 0.2) is 30.3 Å². The zero-order valence-electron chi connectivity index (χ0n) is 9.11. The van der Waals surface area contributed by atoms with Crippen LogP contribution >= 0.6 is 15.9 Å². The zero-order valence-corrected chi connectivity index (χ0v) is 10.7. The number of carbonyl (C=O) groups is 2. The lowest BCUT2D eigenvalue weighted by Gasteiger charge is -2.07. The standard InChI is InChI=1S/C11H13BrN2O3/c12-6-10(15)13-8-14-11(16)17-7-9-4-2-1-3-5-9/h1-5H,6-8H2,(H,13,15)(H,14,16). The van der Waals surface area contributed by atoms with Crippen molar-refractivity contribution in [2.24, 2.45) is 0 Å². The van der Waals surface area contributed by atoms with Gasteiger partial charge in [-0.25, -0.2) is 4.79 Å². The van der Waals surface area contributed by atoms with Crippen LogP contribution in [0.25, 0.3) is 0 Å². The number of alkyl halides is 1. The predicted octanol–water partition coefficient (Wildman–Crippen LogP) is 1.38. The fourth-order valence-corrected chi connectivity index (χ4v) is 1.23. The molecule has 2 amide bonds. The van der Waals surface area contributed by atoms with Crippen LogP contribution < -0.4 is 10.6 Å². The van der Waals surface area contributed by atoms with Crippen LogP contribution in [-0.2, 0) is 16.1 Å². The van der Waals surface area contributed by atoms with Gasteiger partial charge in [-0.2, -0.15) is 0 Å². The van der Waals surface area contributed by atoms with Gasteiger partial charge in [0.1, 0.15) is 6.61 Å². The number of hydrogen-bond donors (Lipinski definition) is 2. The molecule has 0 spiro atoms. The van der Waals surface area contributed by atoms with Crippen molar-refractivity contribution in [3.63, 3.8) is 0 Å². The second-order valence-electron chi connectivity index (χ2n) is 3.15. The maximum absolute atomic E-state index is 11.2. The molecule has 0 bridgehead atoms. The third kappa shape index (κ3) is 5.91. The smallest absolute Gasteiger partial charge is 0.408 e. The summed E-state index contributed by atoms with van der Waals surface area (Å²) in [6.45, 7) is 0.261. The third-order valence-corrected chi connectivity index (χ3v) is 2.36. The fraction of sp³-hybridized carbons (Fsp3) is 0.273. The summed E-state index contributed by atoms with van der Waals surface area (Å²) in [7, 11) is 0. The van der Waals surface area contributed by atoms with Gasteiger partial charge in [0.05, 0.1) is 12.0 Å². The maximum Gasteiger partial charge on any atom is 0.408 e. The van der Waals surface area contributed by atoms with E-state index < -0.39 is 6.09 Å². The first-order valence-corrected chi connectivity index (χ1v) is 6.11. The summed E-state index contributed by atoms with van der Waals surface area (Å²) in [6.07, 6.45) is -0.566. The molecule has 92 valence electrons. The number of alkyl carbamates (subject to hydrolysis) is 1. The van der Waals surface area contributed by atoms with Gasteiger partial charge in [0.25, 0.3) is 0 Å². The molecule has 0 fully saturated rings. The first-order valence-electron chi connectivity index (χ1n) is 4.99. The van der Waals surface area contributed by atoms with Crippen LogP contribution in [0, 0.1) is 0 Å². The van der Waals surface area contributed by atoms with Crippen molar-refractivity contribution in [2.75, 3.05) is 12.0 Å². The molecule has 1 rings (SSSR count). The molecule has 1 aromatic rings. The van der Waals surface area contributed by atoms with Gasteiger partial charge >= 0.3 is 6.09 Å². The molecular formula is C11H13BrN2O3. The van der Waals surface area contributed by atoms with Crippen molar-refractivity contribution < 1.29 is 14.3 Å². The highest BCUT2D eigenvalue weighted by Crippen LogP contribution is 2.00. The van der Waals surface area contributed by atoms with Gasteiger partial charge in [-0.3, -0.25) is 4.79 Å². The summed E-state index contributed by atoms with van der Waals surface area (Å²) < 4.78 is 4.93. The van der Waals surface area contributed by atoms with E-state index in [2.05, 4.69) is 26.6 Å². The summed E-state index contributed by atoms with van der Waals surface area (Å²) >= 11 is 2.99. The Labute approximate surface area is 108 Å². The molecule has 0 aromatic heterocycles. The minimum atomic E-state index is -0.566. The summed E-state index contributed by atoms with van der Waals surface area (Å²) in [5, 5.41) is 5.07. The van der Waals surface area contributed by atoms with E-state index in [9.17, 15) is 9.59 Å². The van der Waals surface area contributed by atoms with E-state index >= 15 is 0 Å². The van der Waals surface area contributed by atoms with E-state index in [1.807, 2.05) is 30.3 Å². The second kappa shape index (κ2) is 7.67. The number of carbonyl (C=O) groups excluding carboxylic acids is 2. The van der Waals surface area contributed by atoms with Gasteiger partial charge in [0, 0.05) is 0 Å². The molecular weight excluding hydrogens is 288 g/mol. The number of nitrogens with one attached hydrogen (secondary N) is 2. The molecule has 0 radical (unpaired) electrons. The quantitative estimate of drug-likeness (QED) is 0.638. The lowest BCUT2D eigenvalue weighted by molar-refractivity contribution is -0.118. The van der Waals surface area contributed by atoms with Crippen LogP contribution in [0.5, 0.6) is 0 Å². The first kappa shape index (κ1) is 13.5. The Hall–Kier alpha value is -1.56. The van der Waals surface area contributed by atoms with Gasteiger partial charge in [0.15, 0.2) is 0 Å². The molecule has 6 heteroatoms. The summed E-state index contributed by atoms with van der Waals surface area (Å²) in [6, 6.07) is 9.35. The average molecular weight is 301 g/mol. The van der Waals surface area contributed by atoms with Gasteiger partial charge in [-0.15, -0.1) is 0 Å². The van der Waals surface area contributed by atoms with Gasteiger partial charge < -0.3 is 15.4 Å². The second-order valence-corrected chi connectivity index (χ2v) is 3.71. The zero-order chi connectivity index (χ0) is 12.5. The van der Waals surface area contributed by atoms with Crippen LogP contribution in [0.2, 0.25) is 0 Å². The van der Waals surface area contributed by atoms with Crippen LogP contribution in [0.4, 0.5) is 4.79 Å². The van der Waals surface area contributed by atoms with Gasteiger partial charge in [-0.05, 0) is 5.56 Å². The number of hydrogen-bond acceptors (Lipinski definition) is 3. The van der Waals surface area contributed by atoms with E-state index in [-0.39, 0.29) is 24.5 Å². The third-order valence-electron chi connectivity index (χ3n) is 1.85. The number of ether oxygens (including phenoxy) is 1. The number of benzene rings is 1. The average Bonchev–Trinajstić information content (AvgIpc) is 2.37. The fourth-order valence-electron chi connectivity index (χ4n) is 1.04. The van der Waals surface area contributed by atoms with Crippen molar-refractivity contribution in [3.8, 4) is 0 Å². The summed E-state index contributed by atoms with van der Waals surface area (Å²) in [4.78, 5) is 22.0. The minimum absolute atomic E-state index is 0.0536. The van der Waals surface area contributed by atoms with E-state index in [4.69, 9.17) is 4.74 Å². The van der Waals surface area contributed by atoms with Crippen molar-refractivity contribution in [2.45, 2.75) is 6.61 Å². The maximum atomic E-state index is 11.2. The Morgan fingerprint density at radius 2 is 1.88 bits per heavy atom. The number of amides is 2. The highest BCUT2D eigenvalue weighted by molar-refractivity contribution is 9.09. The molecule has 0 saturated carbocycles. The SMILES string of the molecule is O=C(CBr)NCNC(=O)OCc1ccccc1. The normalized spacial score (nSPS) is 9.47. The van der Waals surface area contributed by atoms with Crippen LogP contribution in [0.1, 0.15) is 5.56 Å². The highest BCUT2D eigenvalue weighted by atomic mass is 79.9. The molecule has 5 nitrogen and oxygen atoms in total. The van der Waals surface area contributed by atoms with Crippen molar-refractivity contribution in [3.05, 3.63) is 35.9 Å². The lowest BCUT2D eigenvalue weighted by atomic mass is 10.2. The molecule has 0 aliphatic rings. The molecule has 0 saturated heterocycles. The van der Waals surface area contributed by atoms with E-state index in [1.165, 1.54) is 0 Å². The van der Waals surface area contributed by atoms with Gasteiger partial charge in [-0.1, -0.05) is 46.3 Å². The Balaban J connectivity index is 2.16. The molecule has 0 atom stereocenters. The largest absolute Gasteiger partial charge is 0.445 e. The molecule has 0 unspecified atom stereocenters. The monoisotopic (exact) mass is 300 g/mol. The van der Waals surface area contributed by atoms with E-state index in [0.29, 0.717) is 0 Å². The molecule has 0 aliphatic heterocycles. The Morgan fingerprint density at radius 3 is 2.53 bits per heavy atom. The summed E-state index contributed by atoms with van der Waals surface area (Å²) in [5.41, 5.74) is 0.909. The first-order chi connectivity index (χ1) is 8.22.